The second-order valence-electron chi connectivity index (χ2n) is 7.26. The molecular weight excluding hydrogens is 232 g/mol. The summed E-state index contributed by atoms with van der Waals surface area (Å²) in [5.41, 5.74) is 2.62. The SMILES string of the molecule is CC(C)c1cccc([C@@H](C)C2CC2)c1OC(C)(C)C. The highest BCUT2D eigenvalue weighted by atomic mass is 16.5. The van der Waals surface area contributed by atoms with E-state index in [-0.39, 0.29) is 5.60 Å². The van der Waals surface area contributed by atoms with Crippen molar-refractivity contribution >= 4 is 0 Å². The van der Waals surface area contributed by atoms with E-state index in [4.69, 9.17) is 4.74 Å². The van der Waals surface area contributed by atoms with E-state index in [1.807, 2.05) is 0 Å². The van der Waals surface area contributed by atoms with Crippen LogP contribution in [-0.2, 0) is 0 Å². The Morgan fingerprint density at radius 3 is 2.11 bits per heavy atom. The second kappa shape index (κ2) is 5.19. The summed E-state index contributed by atoms with van der Waals surface area (Å²) in [6.07, 6.45) is 2.75. The molecule has 0 saturated heterocycles. The summed E-state index contributed by atoms with van der Waals surface area (Å²) in [6, 6.07) is 6.67. The summed E-state index contributed by atoms with van der Waals surface area (Å²) in [5, 5.41) is 0. The molecule has 106 valence electrons. The summed E-state index contributed by atoms with van der Waals surface area (Å²) < 4.78 is 6.32. The van der Waals surface area contributed by atoms with Crippen LogP contribution >= 0.6 is 0 Å². The number of para-hydroxylation sites is 1. The van der Waals surface area contributed by atoms with E-state index >= 15 is 0 Å². The number of rotatable bonds is 4. The van der Waals surface area contributed by atoms with Crippen molar-refractivity contribution in [2.45, 2.75) is 71.8 Å². The van der Waals surface area contributed by atoms with Gasteiger partial charge < -0.3 is 4.74 Å². The van der Waals surface area contributed by atoms with Gasteiger partial charge in [0.15, 0.2) is 0 Å². The van der Waals surface area contributed by atoms with Gasteiger partial charge in [-0.15, -0.1) is 0 Å². The van der Waals surface area contributed by atoms with Crippen LogP contribution in [0, 0.1) is 5.92 Å². The van der Waals surface area contributed by atoms with E-state index in [0.29, 0.717) is 11.8 Å². The van der Waals surface area contributed by atoms with Crippen molar-refractivity contribution in [2.75, 3.05) is 0 Å². The van der Waals surface area contributed by atoms with Crippen LogP contribution in [-0.4, -0.2) is 5.60 Å². The molecule has 2 rings (SSSR count). The van der Waals surface area contributed by atoms with Crippen molar-refractivity contribution in [3.63, 3.8) is 0 Å². The molecule has 1 atom stereocenters. The minimum atomic E-state index is -0.136. The molecular formula is C18H28O. The first-order valence-electron chi connectivity index (χ1n) is 7.61. The summed E-state index contributed by atoms with van der Waals surface area (Å²) in [7, 11) is 0. The Morgan fingerprint density at radius 2 is 1.63 bits per heavy atom. The highest BCUT2D eigenvalue weighted by molar-refractivity contribution is 5.46. The highest BCUT2D eigenvalue weighted by Crippen LogP contribution is 2.46. The Balaban J connectivity index is 2.43. The molecule has 0 radical (unpaired) electrons. The first-order chi connectivity index (χ1) is 8.79. The number of hydrogen-bond donors (Lipinski definition) is 0. The number of benzene rings is 1. The average molecular weight is 260 g/mol. The molecule has 0 unspecified atom stereocenters. The smallest absolute Gasteiger partial charge is 0.127 e. The quantitative estimate of drug-likeness (QED) is 0.694. The van der Waals surface area contributed by atoms with Crippen LogP contribution in [0.4, 0.5) is 0 Å². The maximum absolute atomic E-state index is 6.32. The van der Waals surface area contributed by atoms with Gasteiger partial charge in [-0.2, -0.15) is 0 Å². The Morgan fingerprint density at radius 1 is 1.05 bits per heavy atom. The molecule has 1 aliphatic rings. The highest BCUT2D eigenvalue weighted by Gasteiger charge is 2.32. The average Bonchev–Trinajstić information content (AvgIpc) is 3.09. The Labute approximate surface area is 118 Å². The van der Waals surface area contributed by atoms with E-state index < -0.39 is 0 Å². The largest absolute Gasteiger partial charge is 0.488 e. The van der Waals surface area contributed by atoms with Gasteiger partial charge in [-0.3, -0.25) is 0 Å². The van der Waals surface area contributed by atoms with Gasteiger partial charge in [-0.1, -0.05) is 39.0 Å². The maximum atomic E-state index is 6.32. The Bertz CT molecular complexity index is 435. The zero-order valence-electron chi connectivity index (χ0n) is 13.3. The lowest BCUT2D eigenvalue weighted by Gasteiger charge is -2.28. The van der Waals surface area contributed by atoms with Gasteiger partial charge >= 0.3 is 0 Å². The molecule has 0 spiro atoms. The molecule has 19 heavy (non-hydrogen) atoms. The van der Waals surface area contributed by atoms with E-state index in [0.717, 1.165) is 11.7 Å². The minimum Gasteiger partial charge on any atom is -0.488 e. The molecule has 1 aliphatic carbocycles. The topological polar surface area (TPSA) is 9.23 Å². The minimum absolute atomic E-state index is 0.136. The van der Waals surface area contributed by atoms with Gasteiger partial charge in [0, 0.05) is 0 Å². The zero-order chi connectivity index (χ0) is 14.2. The second-order valence-corrected chi connectivity index (χ2v) is 7.26. The van der Waals surface area contributed by atoms with Crippen LogP contribution in [0.25, 0.3) is 0 Å². The van der Waals surface area contributed by atoms with Crippen molar-refractivity contribution in [3.8, 4) is 5.75 Å². The lowest BCUT2D eigenvalue weighted by atomic mass is 9.90. The molecule has 0 aromatic heterocycles. The van der Waals surface area contributed by atoms with Crippen molar-refractivity contribution < 1.29 is 4.74 Å². The predicted molar refractivity (Wildman–Crippen MR) is 82.1 cm³/mol. The third-order valence-corrected chi connectivity index (χ3v) is 3.93. The fraction of sp³-hybridized carbons (Fsp3) is 0.667. The third-order valence-electron chi connectivity index (χ3n) is 3.93. The van der Waals surface area contributed by atoms with Crippen LogP contribution in [0.3, 0.4) is 0 Å². The molecule has 1 nitrogen and oxygen atoms in total. The van der Waals surface area contributed by atoms with Crippen molar-refractivity contribution in [2.24, 2.45) is 5.92 Å². The first-order valence-corrected chi connectivity index (χ1v) is 7.61. The monoisotopic (exact) mass is 260 g/mol. The first kappa shape index (κ1) is 14.4. The summed E-state index contributed by atoms with van der Waals surface area (Å²) in [4.78, 5) is 0. The van der Waals surface area contributed by atoms with E-state index in [9.17, 15) is 0 Å². The fourth-order valence-corrected chi connectivity index (χ4v) is 2.66. The molecule has 0 heterocycles. The fourth-order valence-electron chi connectivity index (χ4n) is 2.66. The standard InChI is InChI=1S/C18H28O/c1-12(2)15-8-7-9-16(13(3)14-10-11-14)17(15)19-18(4,5)6/h7-9,12-14H,10-11H2,1-6H3/t13-/m0/s1. The van der Waals surface area contributed by atoms with Crippen molar-refractivity contribution in [3.05, 3.63) is 29.3 Å². The van der Waals surface area contributed by atoms with E-state index in [2.05, 4.69) is 59.7 Å². The van der Waals surface area contributed by atoms with Gasteiger partial charge in [0.25, 0.3) is 0 Å². The van der Waals surface area contributed by atoms with Gasteiger partial charge in [0.1, 0.15) is 11.4 Å². The molecule has 1 saturated carbocycles. The predicted octanol–water partition coefficient (Wildman–Crippen LogP) is 5.50. The van der Waals surface area contributed by atoms with E-state index in [1.54, 1.807) is 0 Å². The number of hydrogen-bond acceptors (Lipinski definition) is 1. The Kier molecular flexibility index (Phi) is 3.94. The molecule has 0 N–H and O–H groups in total. The normalized spacial score (nSPS) is 17.6. The molecule has 1 heteroatoms. The summed E-state index contributed by atoms with van der Waals surface area (Å²) >= 11 is 0. The maximum Gasteiger partial charge on any atom is 0.127 e. The van der Waals surface area contributed by atoms with Gasteiger partial charge in [-0.25, -0.2) is 0 Å². The third kappa shape index (κ3) is 3.52. The number of ether oxygens (including phenoxy) is 1. The van der Waals surface area contributed by atoms with Crippen LogP contribution in [0.15, 0.2) is 18.2 Å². The summed E-state index contributed by atoms with van der Waals surface area (Å²) in [5.74, 6) is 3.13. The van der Waals surface area contributed by atoms with Crippen LogP contribution in [0.2, 0.25) is 0 Å². The molecule has 1 aromatic carbocycles. The summed E-state index contributed by atoms with van der Waals surface area (Å²) in [6.45, 7) is 13.3. The molecule has 0 bridgehead atoms. The van der Waals surface area contributed by atoms with Crippen LogP contribution in [0.5, 0.6) is 5.75 Å². The Hall–Kier alpha value is -0.980. The molecule has 1 aromatic rings. The lowest BCUT2D eigenvalue weighted by Crippen LogP contribution is -2.25. The zero-order valence-corrected chi connectivity index (χ0v) is 13.3. The molecule has 1 fully saturated rings. The van der Waals surface area contributed by atoms with Crippen LogP contribution in [0.1, 0.15) is 77.3 Å². The van der Waals surface area contributed by atoms with Crippen molar-refractivity contribution in [1.29, 1.82) is 0 Å². The lowest BCUT2D eigenvalue weighted by molar-refractivity contribution is 0.126. The van der Waals surface area contributed by atoms with Gasteiger partial charge in [0.05, 0.1) is 0 Å². The molecule has 0 amide bonds. The molecule has 0 aliphatic heterocycles. The van der Waals surface area contributed by atoms with Crippen LogP contribution < -0.4 is 4.74 Å². The van der Waals surface area contributed by atoms with Crippen molar-refractivity contribution in [1.82, 2.24) is 0 Å². The van der Waals surface area contributed by atoms with Gasteiger partial charge in [0.2, 0.25) is 0 Å². The van der Waals surface area contributed by atoms with E-state index in [1.165, 1.54) is 24.0 Å². The van der Waals surface area contributed by atoms with Gasteiger partial charge in [-0.05, 0) is 62.5 Å².